The summed E-state index contributed by atoms with van der Waals surface area (Å²) in [5, 5.41) is 6.31. The number of rotatable bonds is 3. The number of amides is 1. The molecule has 0 bridgehead atoms. The highest BCUT2D eigenvalue weighted by molar-refractivity contribution is 7.90. The molecular weight excluding hydrogens is 376 g/mol. The predicted octanol–water partition coefficient (Wildman–Crippen LogP) is 2.07. The zero-order valence-electron chi connectivity index (χ0n) is 15.6. The molecule has 28 heavy (non-hydrogen) atoms. The Hall–Kier alpha value is -2.71. The lowest BCUT2D eigenvalue weighted by molar-refractivity contribution is 0.0707. The van der Waals surface area contributed by atoms with Gasteiger partial charge < -0.3 is 15.5 Å². The number of carbonyl (C=O) groups excluding carboxylic acids is 1. The summed E-state index contributed by atoms with van der Waals surface area (Å²) < 4.78 is 28.1. The molecule has 1 saturated heterocycles. The summed E-state index contributed by atoms with van der Waals surface area (Å²) in [4.78, 5) is 14.8. The minimum absolute atomic E-state index is 0.0206. The van der Waals surface area contributed by atoms with Gasteiger partial charge in [0.1, 0.15) is 4.90 Å². The average molecular weight is 398 g/mol. The number of amidine groups is 1. The zero-order chi connectivity index (χ0) is 19.7. The lowest BCUT2D eigenvalue weighted by Gasteiger charge is -2.31. The van der Waals surface area contributed by atoms with E-state index in [1.807, 2.05) is 11.9 Å². The van der Waals surface area contributed by atoms with Gasteiger partial charge in [-0.05, 0) is 56.3 Å². The molecule has 2 aromatic rings. The van der Waals surface area contributed by atoms with Crippen molar-refractivity contribution in [2.24, 2.45) is 4.40 Å². The van der Waals surface area contributed by atoms with Crippen molar-refractivity contribution in [2.75, 3.05) is 25.5 Å². The first-order valence-electron chi connectivity index (χ1n) is 9.26. The van der Waals surface area contributed by atoms with Gasteiger partial charge in [0.25, 0.3) is 15.9 Å². The van der Waals surface area contributed by atoms with Gasteiger partial charge in [0.2, 0.25) is 0 Å². The second-order valence-corrected chi connectivity index (χ2v) is 8.54. The smallest absolute Gasteiger partial charge is 0.285 e. The molecule has 2 aromatic carbocycles. The Morgan fingerprint density at radius 3 is 2.43 bits per heavy atom. The van der Waals surface area contributed by atoms with Crippen LogP contribution < -0.4 is 10.6 Å². The summed E-state index contributed by atoms with van der Waals surface area (Å²) in [5.74, 6) is 0.316. The number of nitrogens with zero attached hydrogens (tertiary/aromatic N) is 2. The fraction of sp³-hybridized carbons (Fsp3) is 0.300. The Balaban J connectivity index is 1.47. The molecule has 4 rings (SSSR count). The van der Waals surface area contributed by atoms with Gasteiger partial charge in [-0.2, -0.15) is 8.42 Å². The second kappa shape index (κ2) is 7.37. The fourth-order valence-corrected chi connectivity index (χ4v) is 4.76. The highest BCUT2D eigenvalue weighted by Crippen LogP contribution is 2.26. The number of carbonyl (C=O) groups is 1. The number of piperidine rings is 1. The number of likely N-dealkylation sites (tertiary alicyclic amines) is 1. The molecule has 7 nitrogen and oxygen atoms in total. The third kappa shape index (κ3) is 3.53. The van der Waals surface area contributed by atoms with Gasteiger partial charge in [0.15, 0.2) is 5.84 Å². The van der Waals surface area contributed by atoms with E-state index in [1.54, 1.807) is 48.5 Å². The van der Waals surface area contributed by atoms with Crippen LogP contribution in [0.4, 0.5) is 5.69 Å². The normalized spacial score (nSPS) is 18.5. The molecule has 0 spiro atoms. The molecule has 0 aliphatic carbocycles. The van der Waals surface area contributed by atoms with E-state index in [4.69, 9.17) is 0 Å². The number of hydrogen-bond acceptors (Lipinski definition) is 5. The molecule has 146 valence electrons. The highest BCUT2D eigenvalue weighted by atomic mass is 32.2. The standard InChI is InChI=1S/C20H22N4O3S/c1-21-15-10-12-24(13-11-15)20(25)14-6-8-16(9-7-14)22-19-17-4-2-3-5-18(17)28(26,27)23-19/h2-9,15,21H,10-13H2,1H3,(H,22,23). The van der Waals surface area contributed by atoms with Crippen molar-refractivity contribution in [2.45, 2.75) is 23.8 Å². The number of nitrogens with one attached hydrogen (secondary N) is 2. The minimum atomic E-state index is -3.66. The molecule has 2 aliphatic heterocycles. The summed E-state index contributed by atoms with van der Waals surface area (Å²) in [5.41, 5.74) is 1.85. The summed E-state index contributed by atoms with van der Waals surface area (Å²) in [6, 6.07) is 14.2. The molecule has 1 fully saturated rings. The van der Waals surface area contributed by atoms with Gasteiger partial charge >= 0.3 is 0 Å². The van der Waals surface area contributed by atoms with E-state index in [2.05, 4.69) is 15.0 Å². The van der Waals surface area contributed by atoms with Crippen LogP contribution in [0.5, 0.6) is 0 Å². The summed E-state index contributed by atoms with van der Waals surface area (Å²) in [6.45, 7) is 1.49. The van der Waals surface area contributed by atoms with Crippen LogP contribution in [0.1, 0.15) is 28.8 Å². The number of fused-ring (bicyclic) bond motifs is 1. The largest absolute Gasteiger partial charge is 0.339 e. The van der Waals surface area contributed by atoms with Crippen molar-refractivity contribution < 1.29 is 13.2 Å². The van der Waals surface area contributed by atoms with Crippen LogP contribution in [0.3, 0.4) is 0 Å². The predicted molar refractivity (Wildman–Crippen MR) is 108 cm³/mol. The topological polar surface area (TPSA) is 90.9 Å². The maximum absolute atomic E-state index is 12.7. The molecule has 0 aromatic heterocycles. The van der Waals surface area contributed by atoms with E-state index in [0.717, 1.165) is 25.9 Å². The first-order chi connectivity index (χ1) is 13.5. The molecule has 1 amide bonds. The van der Waals surface area contributed by atoms with Gasteiger partial charge in [-0.3, -0.25) is 4.79 Å². The Morgan fingerprint density at radius 1 is 1.07 bits per heavy atom. The first-order valence-corrected chi connectivity index (χ1v) is 10.7. The van der Waals surface area contributed by atoms with Crippen LogP contribution in [0.25, 0.3) is 0 Å². The van der Waals surface area contributed by atoms with Crippen molar-refractivity contribution in [3.63, 3.8) is 0 Å². The minimum Gasteiger partial charge on any atom is -0.339 e. The summed E-state index contributed by atoms with van der Waals surface area (Å²) >= 11 is 0. The lowest BCUT2D eigenvalue weighted by atomic mass is 10.0. The van der Waals surface area contributed by atoms with Crippen molar-refractivity contribution in [1.82, 2.24) is 10.2 Å². The quantitative estimate of drug-likeness (QED) is 0.826. The van der Waals surface area contributed by atoms with Gasteiger partial charge in [-0.1, -0.05) is 12.1 Å². The van der Waals surface area contributed by atoms with Crippen LogP contribution in [0.15, 0.2) is 57.8 Å². The Morgan fingerprint density at radius 2 is 1.75 bits per heavy atom. The maximum Gasteiger partial charge on any atom is 0.285 e. The average Bonchev–Trinajstić information content (AvgIpc) is 2.98. The van der Waals surface area contributed by atoms with Gasteiger partial charge in [-0.25, -0.2) is 0 Å². The van der Waals surface area contributed by atoms with Crippen LogP contribution >= 0.6 is 0 Å². The van der Waals surface area contributed by atoms with Crippen molar-refractivity contribution in [3.05, 3.63) is 59.7 Å². The number of sulfonamides is 1. The van der Waals surface area contributed by atoms with Gasteiger partial charge in [-0.15, -0.1) is 4.40 Å². The molecular formula is C20H22N4O3S. The molecule has 0 atom stereocenters. The monoisotopic (exact) mass is 398 g/mol. The number of hydrogen-bond donors (Lipinski definition) is 2. The molecule has 0 saturated carbocycles. The maximum atomic E-state index is 12.7. The van der Waals surface area contributed by atoms with Crippen molar-refractivity contribution in [1.29, 1.82) is 0 Å². The van der Waals surface area contributed by atoms with Gasteiger partial charge in [0, 0.05) is 35.9 Å². The zero-order valence-corrected chi connectivity index (χ0v) is 16.4. The van der Waals surface area contributed by atoms with Crippen LogP contribution in [-0.2, 0) is 10.0 Å². The molecule has 0 radical (unpaired) electrons. The number of benzene rings is 2. The van der Waals surface area contributed by atoms with E-state index in [1.165, 1.54) is 0 Å². The van der Waals surface area contributed by atoms with Crippen LogP contribution in [0.2, 0.25) is 0 Å². The van der Waals surface area contributed by atoms with Crippen LogP contribution in [0, 0.1) is 0 Å². The second-order valence-electron chi connectivity index (χ2n) is 6.97. The van der Waals surface area contributed by atoms with Crippen LogP contribution in [-0.4, -0.2) is 51.2 Å². The number of anilines is 1. The van der Waals surface area contributed by atoms with Crippen molar-refractivity contribution >= 4 is 27.5 Å². The third-order valence-electron chi connectivity index (χ3n) is 5.22. The highest BCUT2D eigenvalue weighted by Gasteiger charge is 2.28. The van der Waals surface area contributed by atoms with Gasteiger partial charge in [0.05, 0.1) is 0 Å². The molecule has 2 N–H and O–H groups in total. The Bertz CT molecular complexity index is 1020. The lowest BCUT2D eigenvalue weighted by Crippen LogP contribution is -2.43. The summed E-state index contributed by atoms with van der Waals surface area (Å²) in [7, 11) is -1.71. The third-order valence-corrected chi connectivity index (χ3v) is 6.55. The van der Waals surface area contributed by atoms with Crippen molar-refractivity contribution in [3.8, 4) is 0 Å². The Labute approximate surface area is 164 Å². The molecule has 8 heteroatoms. The van der Waals surface area contributed by atoms with E-state index >= 15 is 0 Å². The molecule has 0 unspecified atom stereocenters. The first kappa shape index (κ1) is 18.6. The molecule has 2 heterocycles. The van der Waals surface area contributed by atoms with E-state index in [0.29, 0.717) is 28.7 Å². The van der Waals surface area contributed by atoms with E-state index < -0.39 is 10.0 Å². The SMILES string of the molecule is CNC1CCN(C(=O)c2ccc(NC3=NS(=O)(=O)c4ccccc43)cc2)CC1. The fourth-order valence-electron chi connectivity index (χ4n) is 3.58. The van der Waals surface area contributed by atoms with E-state index in [9.17, 15) is 13.2 Å². The molecule has 2 aliphatic rings. The summed E-state index contributed by atoms with van der Waals surface area (Å²) in [6.07, 6.45) is 1.91. The Kier molecular flexibility index (Phi) is 4.91. The van der Waals surface area contributed by atoms with E-state index in [-0.39, 0.29) is 10.8 Å².